The number of para-hydroxylation sites is 1. The van der Waals surface area contributed by atoms with Gasteiger partial charge in [-0.2, -0.15) is 0 Å². The van der Waals surface area contributed by atoms with Gasteiger partial charge in [-0.15, -0.1) is 0 Å². The van der Waals surface area contributed by atoms with Crippen LogP contribution in [0.3, 0.4) is 0 Å². The zero-order valence-corrected chi connectivity index (χ0v) is 14.3. The summed E-state index contributed by atoms with van der Waals surface area (Å²) in [7, 11) is -3.90. The molecule has 1 unspecified atom stereocenters. The maximum atomic E-state index is 12.0. The standard InChI is InChI=1S/C17H17N3O4S/c1-17(10-21,12-5-4-6-13(9-12)25(18,23)24)20-11-19-16(22)14-7-2-3-8-15(14)20/h2-10H,11H2,1H3,(H,19,22)(H2,18,23,24). The number of aldehydes is 1. The Morgan fingerprint density at radius 1 is 1.20 bits per heavy atom. The third-order valence-electron chi connectivity index (χ3n) is 4.37. The third kappa shape index (κ3) is 2.90. The fraction of sp³-hybridized carbons (Fsp3) is 0.176. The van der Waals surface area contributed by atoms with E-state index in [0.717, 1.165) is 6.29 Å². The van der Waals surface area contributed by atoms with Gasteiger partial charge in [0, 0.05) is 0 Å². The number of benzene rings is 2. The molecule has 0 radical (unpaired) electrons. The summed E-state index contributed by atoms with van der Waals surface area (Å²) < 4.78 is 23.3. The van der Waals surface area contributed by atoms with E-state index in [1.54, 1.807) is 42.2 Å². The van der Waals surface area contributed by atoms with E-state index in [1.165, 1.54) is 18.2 Å². The highest BCUT2D eigenvalue weighted by Gasteiger charge is 2.38. The van der Waals surface area contributed by atoms with Crippen LogP contribution in [0.2, 0.25) is 0 Å². The van der Waals surface area contributed by atoms with E-state index in [2.05, 4.69) is 5.32 Å². The lowest BCUT2D eigenvalue weighted by molar-refractivity contribution is -0.112. The van der Waals surface area contributed by atoms with Gasteiger partial charge in [0.1, 0.15) is 11.8 Å². The first-order chi connectivity index (χ1) is 11.8. The van der Waals surface area contributed by atoms with Crippen LogP contribution in [0.5, 0.6) is 0 Å². The van der Waals surface area contributed by atoms with Crippen LogP contribution in [-0.2, 0) is 20.4 Å². The minimum absolute atomic E-state index is 0.0765. The van der Waals surface area contributed by atoms with Crippen molar-refractivity contribution in [1.82, 2.24) is 5.32 Å². The Labute approximate surface area is 145 Å². The first-order valence-corrected chi connectivity index (χ1v) is 9.06. The van der Waals surface area contributed by atoms with E-state index in [4.69, 9.17) is 5.14 Å². The summed E-state index contributed by atoms with van der Waals surface area (Å²) in [6.45, 7) is 1.78. The molecule has 0 fully saturated rings. The van der Waals surface area contributed by atoms with Crippen LogP contribution in [0.1, 0.15) is 22.8 Å². The van der Waals surface area contributed by atoms with Crippen LogP contribution < -0.4 is 15.4 Å². The predicted octanol–water partition coefficient (Wildman–Crippen LogP) is 0.956. The highest BCUT2D eigenvalue weighted by atomic mass is 32.2. The molecule has 0 bridgehead atoms. The number of rotatable bonds is 4. The summed E-state index contributed by atoms with van der Waals surface area (Å²) in [4.78, 5) is 25.7. The minimum Gasteiger partial charge on any atom is -0.337 e. The third-order valence-corrected chi connectivity index (χ3v) is 5.29. The summed E-state index contributed by atoms with van der Waals surface area (Å²) in [5.41, 5.74) is 0.316. The van der Waals surface area contributed by atoms with Crippen molar-refractivity contribution in [3.8, 4) is 0 Å². The fourth-order valence-electron chi connectivity index (χ4n) is 2.92. The number of hydrogen-bond donors (Lipinski definition) is 2. The highest BCUT2D eigenvalue weighted by Crippen LogP contribution is 2.35. The largest absolute Gasteiger partial charge is 0.337 e. The van der Waals surface area contributed by atoms with Crippen molar-refractivity contribution in [2.75, 3.05) is 11.6 Å². The quantitative estimate of drug-likeness (QED) is 0.790. The monoisotopic (exact) mass is 359 g/mol. The molecule has 130 valence electrons. The second kappa shape index (κ2) is 5.98. The molecule has 25 heavy (non-hydrogen) atoms. The van der Waals surface area contributed by atoms with Gasteiger partial charge in [-0.25, -0.2) is 13.6 Å². The predicted molar refractivity (Wildman–Crippen MR) is 92.5 cm³/mol. The SMILES string of the molecule is CC(C=O)(c1cccc(S(N)(=O)=O)c1)N1CNC(=O)c2ccccc21. The van der Waals surface area contributed by atoms with E-state index < -0.39 is 15.6 Å². The van der Waals surface area contributed by atoms with Gasteiger partial charge >= 0.3 is 0 Å². The molecule has 8 heteroatoms. The minimum atomic E-state index is -3.90. The van der Waals surface area contributed by atoms with E-state index in [1.807, 2.05) is 0 Å². The average Bonchev–Trinajstić information content (AvgIpc) is 2.61. The first-order valence-electron chi connectivity index (χ1n) is 7.52. The van der Waals surface area contributed by atoms with Gasteiger partial charge in [-0.3, -0.25) is 4.79 Å². The molecule has 7 nitrogen and oxygen atoms in total. The fourth-order valence-corrected chi connectivity index (χ4v) is 3.48. The molecular formula is C17H17N3O4S. The van der Waals surface area contributed by atoms with Crippen LogP contribution in [0.4, 0.5) is 5.69 Å². The highest BCUT2D eigenvalue weighted by molar-refractivity contribution is 7.89. The molecular weight excluding hydrogens is 342 g/mol. The Bertz CT molecular complexity index is 958. The van der Waals surface area contributed by atoms with Gasteiger partial charge in [0.25, 0.3) is 5.91 Å². The first kappa shape index (κ1) is 17.1. The number of amides is 1. The molecule has 0 spiro atoms. The molecule has 3 rings (SSSR count). The normalized spacial score (nSPS) is 16.6. The molecule has 0 aliphatic carbocycles. The molecule has 0 aromatic heterocycles. The van der Waals surface area contributed by atoms with Crippen LogP contribution in [-0.4, -0.2) is 27.3 Å². The number of anilines is 1. The zero-order chi connectivity index (χ0) is 18.2. The Morgan fingerprint density at radius 2 is 1.92 bits per heavy atom. The Morgan fingerprint density at radius 3 is 2.60 bits per heavy atom. The Balaban J connectivity index is 2.16. The second-order valence-electron chi connectivity index (χ2n) is 5.95. The van der Waals surface area contributed by atoms with Crippen molar-refractivity contribution in [2.24, 2.45) is 5.14 Å². The maximum Gasteiger partial charge on any atom is 0.254 e. The number of carbonyl (C=O) groups excluding carboxylic acids is 2. The van der Waals surface area contributed by atoms with Crippen molar-refractivity contribution in [3.05, 3.63) is 59.7 Å². The van der Waals surface area contributed by atoms with Crippen molar-refractivity contribution in [2.45, 2.75) is 17.4 Å². The van der Waals surface area contributed by atoms with Gasteiger partial charge in [0.2, 0.25) is 10.0 Å². The molecule has 1 heterocycles. The number of carbonyl (C=O) groups is 2. The molecule has 1 amide bonds. The molecule has 2 aromatic rings. The van der Waals surface area contributed by atoms with Gasteiger partial charge in [-0.1, -0.05) is 24.3 Å². The number of hydrogen-bond acceptors (Lipinski definition) is 5. The lowest BCUT2D eigenvalue weighted by Gasteiger charge is -2.42. The summed E-state index contributed by atoms with van der Waals surface area (Å²) in [5.74, 6) is -0.224. The molecule has 1 atom stereocenters. The zero-order valence-electron chi connectivity index (χ0n) is 13.5. The number of nitrogens with two attached hydrogens (primary N) is 1. The van der Waals surface area contributed by atoms with Crippen LogP contribution >= 0.6 is 0 Å². The average molecular weight is 359 g/mol. The van der Waals surface area contributed by atoms with E-state index >= 15 is 0 Å². The summed E-state index contributed by atoms with van der Waals surface area (Å²) in [6.07, 6.45) is 0.726. The molecule has 1 aliphatic heterocycles. The summed E-state index contributed by atoms with van der Waals surface area (Å²) >= 11 is 0. The molecule has 0 saturated carbocycles. The van der Waals surface area contributed by atoms with E-state index in [9.17, 15) is 18.0 Å². The lowest BCUT2D eigenvalue weighted by Crippen LogP contribution is -2.54. The van der Waals surface area contributed by atoms with Crippen LogP contribution in [0, 0.1) is 0 Å². The number of primary sulfonamides is 1. The number of sulfonamides is 1. The smallest absolute Gasteiger partial charge is 0.254 e. The topological polar surface area (TPSA) is 110 Å². The second-order valence-corrected chi connectivity index (χ2v) is 7.51. The lowest BCUT2D eigenvalue weighted by atomic mass is 9.90. The van der Waals surface area contributed by atoms with Gasteiger partial charge in [0.05, 0.1) is 22.8 Å². The van der Waals surface area contributed by atoms with Gasteiger partial charge < -0.3 is 15.0 Å². The van der Waals surface area contributed by atoms with Crippen molar-refractivity contribution < 1.29 is 18.0 Å². The molecule has 3 N–H and O–H groups in total. The maximum absolute atomic E-state index is 12.0. The van der Waals surface area contributed by atoms with Crippen molar-refractivity contribution >= 4 is 27.9 Å². The number of nitrogens with zero attached hydrogens (tertiary/aromatic N) is 1. The molecule has 1 aliphatic rings. The van der Waals surface area contributed by atoms with Gasteiger partial charge in [-0.05, 0) is 36.8 Å². The number of fused-ring (bicyclic) bond motifs is 1. The van der Waals surface area contributed by atoms with Crippen molar-refractivity contribution in [3.63, 3.8) is 0 Å². The van der Waals surface area contributed by atoms with Crippen LogP contribution in [0.25, 0.3) is 0 Å². The Hall–Kier alpha value is -2.71. The van der Waals surface area contributed by atoms with Crippen LogP contribution in [0.15, 0.2) is 53.4 Å². The summed E-state index contributed by atoms with van der Waals surface area (Å²) in [6, 6.07) is 12.9. The molecule has 2 aromatic carbocycles. The van der Waals surface area contributed by atoms with E-state index in [-0.39, 0.29) is 17.5 Å². The van der Waals surface area contributed by atoms with Gasteiger partial charge in [0.15, 0.2) is 0 Å². The molecule has 0 saturated heterocycles. The van der Waals surface area contributed by atoms with Crippen molar-refractivity contribution in [1.29, 1.82) is 0 Å². The Kier molecular flexibility index (Phi) is 4.09. The number of nitrogens with one attached hydrogen (secondary N) is 1. The van der Waals surface area contributed by atoms with E-state index in [0.29, 0.717) is 16.8 Å². The summed E-state index contributed by atoms with van der Waals surface area (Å²) in [5, 5.41) is 7.92.